The van der Waals surface area contributed by atoms with Gasteiger partial charge in [0.1, 0.15) is 11.7 Å². The third kappa shape index (κ3) is 2.42. The molecule has 1 atom stereocenters. The van der Waals surface area contributed by atoms with Crippen LogP contribution in [0.3, 0.4) is 0 Å². The van der Waals surface area contributed by atoms with Crippen molar-refractivity contribution >= 4 is 17.6 Å². The van der Waals surface area contributed by atoms with E-state index in [2.05, 4.69) is 20.9 Å². The molecule has 1 aliphatic rings. The summed E-state index contributed by atoms with van der Waals surface area (Å²) < 4.78 is 1.93. The van der Waals surface area contributed by atoms with Gasteiger partial charge in [0.2, 0.25) is 5.91 Å². The molecule has 0 radical (unpaired) electrons. The Morgan fingerprint density at radius 2 is 2.35 bits per heavy atom. The lowest BCUT2D eigenvalue weighted by atomic mass is 10.3. The smallest absolute Gasteiger partial charge is 0.315 e. The van der Waals surface area contributed by atoms with E-state index in [1.165, 1.54) is 0 Å². The third-order valence-electron chi connectivity index (χ3n) is 3.18. The zero-order chi connectivity index (χ0) is 14.1. The van der Waals surface area contributed by atoms with E-state index in [1.54, 1.807) is 0 Å². The molecule has 2 aromatic heterocycles. The van der Waals surface area contributed by atoms with E-state index >= 15 is 0 Å². The van der Waals surface area contributed by atoms with Gasteiger partial charge in [-0.15, -0.1) is 0 Å². The summed E-state index contributed by atoms with van der Waals surface area (Å²) in [5.74, 6) is -0.211. The molecule has 3 N–H and O–H groups in total. The van der Waals surface area contributed by atoms with Crippen molar-refractivity contribution in [2.24, 2.45) is 0 Å². The Morgan fingerprint density at radius 1 is 1.50 bits per heavy atom. The maximum atomic E-state index is 11.8. The van der Waals surface area contributed by atoms with Crippen LogP contribution in [0.15, 0.2) is 24.5 Å². The highest BCUT2D eigenvalue weighted by atomic mass is 16.2. The number of urea groups is 1. The molecule has 20 heavy (non-hydrogen) atoms. The Hall–Kier alpha value is -2.57. The van der Waals surface area contributed by atoms with Crippen LogP contribution in [0.5, 0.6) is 0 Å². The largest absolute Gasteiger partial charge is 0.349 e. The number of pyridine rings is 1. The molecule has 1 unspecified atom stereocenters. The summed E-state index contributed by atoms with van der Waals surface area (Å²) in [7, 11) is 0. The van der Waals surface area contributed by atoms with Crippen LogP contribution in [0.25, 0.3) is 5.65 Å². The van der Waals surface area contributed by atoms with Crippen molar-refractivity contribution < 1.29 is 9.59 Å². The summed E-state index contributed by atoms with van der Waals surface area (Å²) in [4.78, 5) is 27.2. The van der Waals surface area contributed by atoms with Crippen LogP contribution in [0.1, 0.15) is 11.3 Å². The monoisotopic (exact) mass is 273 g/mol. The Balaban J connectivity index is 1.64. The van der Waals surface area contributed by atoms with Gasteiger partial charge < -0.3 is 20.4 Å². The van der Waals surface area contributed by atoms with Gasteiger partial charge in [-0.05, 0) is 18.6 Å². The first-order chi connectivity index (χ1) is 9.61. The van der Waals surface area contributed by atoms with Crippen LogP contribution >= 0.6 is 0 Å². The number of aryl methyl sites for hydroxylation is 1. The number of nitrogens with one attached hydrogen (secondary N) is 3. The number of nitrogens with zero attached hydrogens (tertiary/aromatic N) is 2. The van der Waals surface area contributed by atoms with Gasteiger partial charge in [0.15, 0.2) is 0 Å². The quantitative estimate of drug-likeness (QED) is 0.732. The molecule has 0 aliphatic carbocycles. The second-order valence-electron chi connectivity index (χ2n) is 4.83. The first kappa shape index (κ1) is 12.5. The molecule has 0 saturated carbocycles. The van der Waals surface area contributed by atoms with Gasteiger partial charge in [-0.3, -0.25) is 4.79 Å². The number of hydrogen-bond acceptors (Lipinski definition) is 3. The summed E-state index contributed by atoms with van der Waals surface area (Å²) >= 11 is 0. The van der Waals surface area contributed by atoms with Gasteiger partial charge in [-0.1, -0.05) is 6.07 Å². The molecule has 1 saturated heterocycles. The number of rotatable bonds is 3. The highest BCUT2D eigenvalue weighted by Crippen LogP contribution is 2.07. The highest BCUT2D eigenvalue weighted by molar-refractivity contribution is 5.90. The van der Waals surface area contributed by atoms with Gasteiger partial charge in [0, 0.05) is 18.9 Å². The number of aromatic nitrogens is 2. The average Bonchev–Trinajstić information content (AvgIpc) is 3.01. The van der Waals surface area contributed by atoms with Gasteiger partial charge in [-0.25, -0.2) is 9.78 Å². The minimum Gasteiger partial charge on any atom is -0.349 e. The van der Waals surface area contributed by atoms with E-state index in [0.717, 1.165) is 16.9 Å². The van der Waals surface area contributed by atoms with Crippen molar-refractivity contribution in [1.82, 2.24) is 25.3 Å². The fourth-order valence-corrected chi connectivity index (χ4v) is 2.15. The molecule has 104 valence electrons. The molecule has 1 fully saturated rings. The molecule has 0 spiro atoms. The van der Waals surface area contributed by atoms with E-state index in [-0.39, 0.29) is 11.9 Å². The lowest BCUT2D eigenvalue weighted by Gasteiger charge is -2.08. The number of hydrogen-bond donors (Lipinski definition) is 3. The Kier molecular flexibility index (Phi) is 3.02. The Labute approximate surface area is 115 Å². The van der Waals surface area contributed by atoms with E-state index in [9.17, 15) is 9.59 Å². The molecule has 2 aromatic rings. The summed E-state index contributed by atoms with van der Waals surface area (Å²) in [6.07, 6.45) is 3.86. The zero-order valence-electron chi connectivity index (χ0n) is 11.0. The molecular formula is C13H15N5O2. The molecule has 7 heteroatoms. The number of carbonyl (C=O) groups is 2. The molecule has 0 aromatic carbocycles. The first-order valence-corrected chi connectivity index (χ1v) is 6.38. The van der Waals surface area contributed by atoms with E-state index in [4.69, 9.17) is 0 Å². The molecule has 3 amide bonds. The van der Waals surface area contributed by atoms with Crippen molar-refractivity contribution in [2.45, 2.75) is 19.5 Å². The van der Waals surface area contributed by atoms with Crippen LogP contribution in [0.4, 0.5) is 4.79 Å². The number of carbonyl (C=O) groups excluding carboxylic acids is 2. The van der Waals surface area contributed by atoms with Gasteiger partial charge in [0.25, 0.3) is 0 Å². The van der Waals surface area contributed by atoms with Gasteiger partial charge >= 0.3 is 6.03 Å². The van der Waals surface area contributed by atoms with Crippen LogP contribution in [0, 0.1) is 6.92 Å². The Bertz CT molecular complexity index is 678. The lowest BCUT2D eigenvalue weighted by Crippen LogP contribution is -2.42. The van der Waals surface area contributed by atoms with Crippen LogP contribution in [-0.2, 0) is 11.3 Å². The fraction of sp³-hybridized carbons (Fsp3) is 0.308. The predicted molar refractivity (Wildman–Crippen MR) is 72.1 cm³/mol. The average molecular weight is 273 g/mol. The van der Waals surface area contributed by atoms with Crippen LogP contribution < -0.4 is 16.0 Å². The van der Waals surface area contributed by atoms with E-state index in [0.29, 0.717) is 13.1 Å². The van der Waals surface area contributed by atoms with Gasteiger partial charge in [0.05, 0.1) is 12.2 Å². The third-order valence-corrected chi connectivity index (χ3v) is 3.18. The standard InChI is InChI=1S/C13H15N5O2/c1-8-2-3-11-16-9(7-18(11)6-8)4-14-12(19)10-5-15-13(20)17-10/h2-3,6-7,10H,4-5H2,1H3,(H,14,19)(H2,15,17,20). The molecular weight excluding hydrogens is 258 g/mol. The number of fused-ring (bicyclic) bond motifs is 1. The normalized spacial score (nSPS) is 17.9. The Morgan fingerprint density at radius 3 is 3.10 bits per heavy atom. The van der Waals surface area contributed by atoms with E-state index in [1.807, 2.05) is 35.9 Å². The van der Waals surface area contributed by atoms with Crippen molar-refractivity contribution in [3.63, 3.8) is 0 Å². The van der Waals surface area contributed by atoms with E-state index < -0.39 is 6.04 Å². The van der Waals surface area contributed by atoms with Crippen LogP contribution in [0.2, 0.25) is 0 Å². The van der Waals surface area contributed by atoms with Crippen molar-refractivity contribution in [3.05, 3.63) is 35.8 Å². The number of amides is 3. The number of imidazole rings is 1. The SMILES string of the molecule is Cc1ccc2nc(CNC(=O)C3CNC(=O)N3)cn2c1. The minimum absolute atomic E-state index is 0.211. The maximum Gasteiger partial charge on any atom is 0.315 e. The maximum absolute atomic E-state index is 11.8. The van der Waals surface area contributed by atoms with Gasteiger partial charge in [-0.2, -0.15) is 0 Å². The van der Waals surface area contributed by atoms with Crippen molar-refractivity contribution in [1.29, 1.82) is 0 Å². The van der Waals surface area contributed by atoms with Crippen LogP contribution in [-0.4, -0.2) is 33.9 Å². The molecule has 1 aliphatic heterocycles. The second-order valence-corrected chi connectivity index (χ2v) is 4.83. The zero-order valence-corrected chi connectivity index (χ0v) is 11.0. The summed E-state index contributed by atoms with van der Waals surface area (Å²) in [6.45, 7) is 2.66. The molecule has 3 heterocycles. The molecule has 0 bridgehead atoms. The van der Waals surface area contributed by atoms with Crippen molar-refractivity contribution in [2.75, 3.05) is 6.54 Å². The van der Waals surface area contributed by atoms with Crippen molar-refractivity contribution in [3.8, 4) is 0 Å². The highest BCUT2D eigenvalue weighted by Gasteiger charge is 2.26. The summed E-state index contributed by atoms with van der Waals surface area (Å²) in [6, 6.07) is 3.10. The minimum atomic E-state index is -0.512. The topological polar surface area (TPSA) is 87.5 Å². The summed E-state index contributed by atoms with van der Waals surface area (Å²) in [5, 5.41) is 7.85. The second kappa shape index (κ2) is 4.84. The summed E-state index contributed by atoms with van der Waals surface area (Å²) in [5.41, 5.74) is 2.77. The molecule has 7 nitrogen and oxygen atoms in total. The first-order valence-electron chi connectivity index (χ1n) is 6.38. The lowest BCUT2D eigenvalue weighted by molar-refractivity contribution is -0.122. The fourth-order valence-electron chi connectivity index (χ4n) is 2.15. The predicted octanol–water partition coefficient (Wildman–Crippen LogP) is -0.0597. The molecule has 3 rings (SSSR count).